The van der Waals surface area contributed by atoms with Crippen LogP contribution in [0.2, 0.25) is 15.3 Å². The third-order valence-electron chi connectivity index (χ3n) is 3.89. The number of imidazole rings is 1. The number of esters is 1. The van der Waals surface area contributed by atoms with Crippen molar-refractivity contribution in [2.75, 3.05) is 13.7 Å². The number of ether oxygens (including phenoxy) is 3. The van der Waals surface area contributed by atoms with Crippen molar-refractivity contribution < 1.29 is 24.1 Å². The van der Waals surface area contributed by atoms with Gasteiger partial charge in [0, 0.05) is 14.0 Å². The Bertz CT molecular complexity index is 812. The van der Waals surface area contributed by atoms with Gasteiger partial charge in [0.2, 0.25) is 5.28 Å². The van der Waals surface area contributed by atoms with Crippen molar-refractivity contribution in [3.05, 3.63) is 27.5 Å². The van der Waals surface area contributed by atoms with Crippen LogP contribution in [0.15, 0.2) is 12.1 Å². The summed E-state index contributed by atoms with van der Waals surface area (Å²) in [6.07, 6.45) is -3.67. The number of hydrogen-bond acceptors (Lipinski definition) is 6. The minimum Gasteiger partial charge on any atom is -0.455 e. The first kappa shape index (κ1) is 18.7. The molecular formula is C15H15Cl3N2O5. The summed E-state index contributed by atoms with van der Waals surface area (Å²) in [7, 11) is 1.48. The van der Waals surface area contributed by atoms with Crippen LogP contribution in [0.1, 0.15) is 13.2 Å². The van der Waals surface area contributed by atoms with Crippen molar-refractivity contribution in [3.63, 3.8) is 0 Å². The molecule has 1 N–H and O–H groups in total. The highest BCUT2D eigenvalue weighted by Crippen LogP contribution is 2.38. The summed E-state index contributed by atoms with van der Waals surface area (Å²) in [5.41, 5.74) is 1.03. The molecule has 2 heterocycles. The van der Waals surface area contributed by atoms with Gasteiger partial charge in [-0.2, -0.15) is 0 Å². The van der Waals surface area contributed by atoms with Crippen LogP contribution in [0.4, 0.5) is 0 Å². The first-order chi connectivity index (χ1) is 11.8. The second kappa shape index (κ2) is 7.26. The standard InChI is InChI=1S/C15H15Cl3N2O5/c1-6(21)24-13-12(22)11(5-23-2)25-14(13)20-10-4-8(17)7(16)3-9(10)19-15(20)18/h3-4,11-14,22H,5H2,1-2H3/t11-,12-,13-,14-/m1/s1. The molecule has 0 spiro atoms. The number of nitrogens with zero attached hydrogens (tertiary/aromatic N) is 2. The second-order valence-corrected chi connectivity index (χ2v) is 6.74. The molecule has 0 amide bonds. The van der Waals surface area contributed by atoms with E-state index < -0.39 is 30.5 Å². The lowest BCUT2D eigenvalue weighted by Gasteiger charge is -2.22. The molecule has 136 valence electrons. The highest BCUT2D eigenvalue weighted by molar-refractivity contribution is 6.42. The monoisotopic (exact) mass is 408 g/mol. The quantitative estimate of drug-likeness (QED) is 0.782. The first-order valence-corrected chi connectivity index (χ1v) is 8.49. The number of aromatic nitrogens is 2. The molecule has 2 aromatic rings. The zero-order valence-corrected chi connectivity index (χ0v) is 15.5. The zero-order valence-electron chi connectivity index (χ0n) is 13.3. The van der Waals surface area contributed by atoms with Crippen molar-refractivity contribution in [1.82, 2.24) is 9.55 Å². The van der Waals surface area contributed by atoms with E-state index in [4.69, 9.17) is 49.0 Å². The number of halogens is 3. The van der Waals surface area contributed by atoms with Gasteiger partial charge in [0.25, 0.3) is 0 Å². The molecule has 10 heteroatoms. The molecule has 4 atom stereocenters. The highest BCUT2D eigenvalue weighted by atomic mass is 35.5. The van der Waals surface area contributed by atoms with Gasteiger partial charge in [-0.15, -0.1) is 0 Å². The molecule has 1 saturated heterocycles. The molecule has 0 bridgehead atoms. The van der Waals surface area contributed by atoms with Crippen molar-refractivity contribution in [3.8, 4) is 0 Å². The number of hydrogen-bond donors (Lipinski definition) is 1. The van der Waals surface area contributed by atoms with Crippen LogP contribution in [-0.2, 0) is 19.0 Å². The number of aliphatic hydroxyl groups is 1. The molecule has 3 rings (SSSR count). The summed E-state index contributed by atoms with van der Waals surface area (Å²) < 4.78 is 17.7. The van der Waals surface area contributed by atoms with Crippen LogP contribution in [0, 0.1) is 0 Å². The van der Waals surface area contributed by atoms with E-state index in [9.17, 15) is 9.90 Å². The minimum atomic E-state index is -1.09. The maximum Gasteiger partial charge on any atom is 0.303 e. The summed E-state index contributed by atoms with van der Waals surface area (Å²) in [6, 6.07) is 3.16. The Morgan fingerprint density at radius 2 is 2.04 bits per heavy atom. The molecule has 1 aromatic heterocycles. The Hall–Kier alpha value is -1.09. The average molecular weight is 410 g/mol. The molecule has 1 aliphatic heterocycles. The van der Waals surface area contributed by atoms with E-state index in [2.05, 4.69) is 4.98 Å². The molecule has 7 nitrogen and oxygen atoms in total. The lowest BCUT2D eigenvalue weighted by Crippen LogP contribution is -2.36. The van der Waals surface area contributed by atoms with Crippen LogP contribution in [0.5, 0.6) is 0 Å². The number of carbonyl (C=O) groups is 1. The fourth-order valence-corrected chi connectivity index (χ4v) is 3.44. The maximum absolute atomic E-state index is 11.5. The molecule has 0 aliphatic carbocycles. The van der Waals surface area contributed by atoms with E-state index in [-0.39, 0.29) is 11.9 Å². The molecular weight excluding hydrogens is 395 g/mol. The normalized spacial score (nSPS) is 26.3. The lowest BCUT2D eigenvalue weighted by atomic mass is 10.1. The van der Waals surface area contributed by atoms with Gasteiger partial charge in [0.1, 0.15) is 12.2 Å². The fraction of sp³-hybridized carbons (Fsp3) is 0.467. The van der Waals surface area contributed by atoms with Crippen molar-refractivity contribution in [1.29, 1.82) is 0 Å². The molecule has 0 unspecified atom stereocenters. The van der Waals surface area contributed by atoms with Crippen LogP contribution < -0.4 is 0 Å². The SMILES string of the molecule is COC[C@H]1O[C@@H](n2c(Cl)nc3cc(Cl)c(Cl)cc32)[C@H](OC(C)=O)[C@@H]1O. The topological polar surface area (TPSA) is 82.8 Å². The number of benzene rings is 1. The predicted octanol–water partition coefficient (Wildman–Crippen LogP) is 2.83. The Balaban J connectivity index is 2.09. The summed E-state index contributed by atoms with van der Waals surface area (Å²) in [6.45, 7) is 1.37. The average Bonchev–Trinajstić information content (AvgIpc) is 2.98. The van der Waals surface area contributed by atoms with E-state index >= 15 is 0 Å². The van der Waals surface area contributed by atoms with E-state index in [1.54, 1.807) is 12.1 Å². The van der Waals surface area contributed by atoms with Gasteiger partial charge in [-0.25, -0.2) is 4.98 Å². The van der Waals surface area contributed by atoms with Gasteiger partial charge in [0.15, 0.2) is 12.3 Å². The Morgan fingerprint density at radius 1 is 1.36 bits per heavy atom. The summed E-state index contributed by atoms with van der Waals surface area (Å²) in [5, 5.41) is 11.2. The van der Waals surface area contributed by atoms with Crippen LogP contribution in [0.3, 0.4) is 0 Å². The molecule has 1 aromatic carbocycles. The number of aliphatic hydroxyl groups excluding tert-OH is 1. The van der Waals surface area contributed by atoms with Crippen LogP contribution in [0.25, 0.3) is 11.0 Å². The summed E-state index contributed by atoms with van der Waals surface area (Å²) >= 11 is 18.4. The molecule has 1 aliphatic rings. The highest BCUT2D eigenvalue weighted by Gasteiger charge is 2.48. The summed E-state index contributed by atoms with van der Waals surface area (Å²) in [4.78, 5) is 15.7. The molecule has 25 heavy (non-hydrogen) atoms. The number of rotatable bonds is 4. The van der Waals surface area contributed by atoms with Gasteiger partial charge in [-0.3, -0.25) is 9.36 Å². The first-order valence-electron chi connectivity index (χ1n) is 7.35. The summed E-state index contributed by atoms with van der Waals surface area (Å²) in [5.74, 6) is -0.558. The van der Waals surface area contributed by atoms with Crippen molar-refractivity contribution >= 4 is 51.8 Å². The smallest absolute Gasteiger partial charge is 0.303 e. The van der Waals surface area contributed by atoms with Gasteiger partial charge >= 0.3 is 5.97 Å². The Labute approximate surface area is 158 Å². The number of methoxy groups -OCH3 is 1. The van der Waals surface area contributed by atoms with Crippen LogP contribution in [-0.4, -0.2) is 52.7 Å². The van der Waals surface area contributed by atoms with Gasteiger partial charge in [-0.1, -0.05) is 23.2 Å². The largest absolute Gasteiger partial charge is 0.455 e. The second-order valence-electron chi connectivity index (χ2n) is 5.59. The Morgan fingerprint density at radius 3 is 2.68 bits per heavy atom. The molecule has 1 fully saturated rings. The van der Waals surface area contributed by atoms with Crippen molar-refractivity contribution in [2.24, 2.45) is 0 Å². The van der Waals surface area contributed by atoms with Gasteiger partial charge in [0.05, 0.1) is 27.7 Å². The van der Waals surface area contributed by atoms with E-state index in [0.717, 1.165) is 0 Å². The van der Waals surface area contributed by atoms with Crippen molar-refractivity contribution in [2.45, 2.75) is 31.5 Å². The third kappa shape index (κ3) is 3.45. The maximum atomic E-state index is 11.5. The lowest BCUT2D eigenvalue weighted by molar-refractivity contribution is -0.155. The third-order valence-corrected chi connectivity index (χ3v) is 4.88. The predicted molar refractivity (Wildman–Crippen MR) is 92.1 cm³/mol. The fourth-order valence-electron chi connectivity index (χ4n) is 2.85. The minimum absolute atomic E-state index is 0.0840. The Kier molecular flexibility index (Phi) is 5.43. The zero-order chi connectivity index (χ0) is 18.3. The van der Waals surface area contributed by atoms with Gasteiger partial charge < -0.3 is 19.3 Å². The number of carbonyl (C=O) groups excluding carboxylic acids is 1. The number of fused-ring (bicyclic) bond motifs is 1. The van der Waals surface area contributed by atoms with Gasteiger partial charge in [-0.05, 0) is 23.7 Å². The van der Waals surface area contributed by atoms with E-state index in [1.165, 1.54) is 18.6 Å². The van der Waals surface area contributed by atoms with E-state index in [0.29, 0.717) is 21.1 Å². The van der Waals surface area contributed by atoms with E-state index in [1.807, 2.05) is 0 Å². The van der Waals surface area contributed by atoms with Crippen LogP contribution >= 0.6 is 34.8 Å². The molecule has 0 saturated carbocycles. The molecule has 0 radical (unpaired) electrons.